The van der Waals surface area contributed by atoms with Crippen LogP contribution in [0, 0.1) is 12.9 Å². The van der Waals surface area contributed by atoms with Gasteiger partial charge >= 0.3 is 0 Å². The van der Waals surface area contributed by atoms with Crippen LogP contribution < -0.4 is 5.73 Å². The quantitative estimate of drug-likeness (QED) is 0.743. The second kappa shape index (κ2) is 3.65. The number of primary amides is 1. The van der Waals surface area contributed by atoms with Gasteiger partial charge in [0.05, 0.1) is 16.8 Å². The van der Waals surface area contributed by atoms with Crippen molar-refractivity contribution < 1.29 is 18.0 Å². The second-order valence-electron chi connectivity index (χ2n) is 2.66. The highest BCUT2D eigenvalue weighted by atomic mass is 19.3. The summed E-state index contributed by atoms with van der Waals surface area (Å²) in [5, 5.41) is 0. The lowest BCUT2D eigenvalue weighted by molar-refractivity contribution is 0.0984. The Hall–Kier alpha value is -1.59. The van der Waals surface area contributed by atoms with Crippen LogP contribution in [-0.2, 0) is 0 Å². The zero-order valence-corrected chi connectivity index (χ0v) is 7.22. The van der Waals surface area contributed by atoms with Gasteiger partial charge < -0.3 is 5.73 Å². The fraction of sp³-hybridized carbons (Fsp3) is 0.250. The Morgan fingerprint density at radius 1 is 1.57 bits per heavy atom. The second-order valence-corrected chi connectivity index (χ2v) is 2.66. The first-order valence-corrected chi connectivity index (χ1v) is 3.68. The van der Waals surface area contributed by atoms with E-state index >= 15 is 0 Å². The third-order valence-electron chi connectivity index (χ3n) is 1.70. The summed E-state index contributed by atoms with van der Waals surface area (Å²) in [5.41, 5.74) is 3.46. The molecule has 1 rings (SSSR count). The molecule has 0 fully saturated rings. The highest BCUT2D eigenvalue weighted by molar-refractivity contribution is 5.94. The van der Waals surface area contributed by atoms with Gasteiger partial charge in [-0.3, -0.25) is 4.79 Å². The molecule has 0 aliphatic rings. The van der Waals surface area contributed by atoms with Crippen molar-refractivity contribution >= 4 is 5.91 Å². The van der Waals surface area contributed by atoms with E-state index in [-0.39, 0.29) is 5.69 Å². The van der Waals surface area contributed by atoms with Crippen molar-refractivity contribution in [1.29, 1.82) is 0 Å². The number of hydrogen-bond donors (Lipinski definition) is 1. The van der Waals surface area contributed by atoms with Crippen LogP contribution in [0.3, 0.4) is 0 Å². The van der Waals surface area contributed by atoms with Gasteiger partial charge in [-0.25, -0.2) is 13.8 Å². The molecule has 2 N–H and O–H groups in total. The summed E-state index contributed by atoms with van der Waals surface area (Å²) in [4.78, 5) is 13.9. The van der Waals surface area contributed by atoms with Crippen molar-refractivity contribution in [1.82, 2.24) is 4.98 Å². The Labute approximate surface area is 77.7 Å². The van der Waals surface area contributed by atoms with E-state index in [9.17, 15) is 18.0 Å². The van der Waals surface area contributed by atoms with Crippen LogP contribution in [0.25, 0.3) is 0 Å². The zero-order valence-electron chi connectivity index (χ0n) is 7.22. The summed E-state index contributed by atoms with van der Waals surface area (Å²) in [6.45, 7) is 1.19. The molecule has 0 atom stereocenters. The Morgan fingerprint density at radius 2 is 2.14 bits per heavy atom. The molecule has 0 aliphatic heterocycles. The summed E-state index contributed by atoms with van der Waals surface area (Å²) in [6.07, 6.45) is -2.90. The molecular formula is C8H7F3N2O. The average Bonchev–Trinajstić information content (AvgIpc) is 2.01. The normalized spacial score (nSPS) is 10.6. The highest BCUT2D eigenvalue weighted by Gasteiger charge is 2.21. The Bertz CT molecular complexity index is 379. The van der Waals surface area contributed by atoms with Crippen LogP contribution in [-0.4, -0.2) is 10.9 Å². The van der Waals surface area contributed by atoms with Crippen molar-refractivity contribution in [3.8, 4) is 0 Å². The number of aryl methyl sites for hydroxylation is 1. The minimum atomic E-state index is -2.90. The van der Waals surface area contributed by atoms with Gasteiger partial charge in [-0.15, -0.1) is 0 Å². The van der Waals surface area contributed by atoms with E-state index in [4.69, 9.17) is 5.73 Å². The fourth-order valence-electron chi connectivity index (χ4n) is 1.12. The van der Waals surface area contributed by atoms with Crippen LogP contribution in [0.2, 0.25) is 0 Å². The molecule has 0 radical (unpaired) electrons. The molecule has 1 aromatic rings. The molecular weight excluding hydrogens is 197 g/mol. The number of hydrogen-bond acceptors (Lipinski definition) is 2. The van der Waals surface area contributed by atoms with E-state index in [0.717, 1.165) is 0 Å². The lowest BCUT2D eigenvalue weighted by atomic mass is 10.1. The van der Waals surface area contributed by atoms with E-state index in [1.807, 2.05) is 0 Å². The minimum Gasteiger partial charge on any atom is -0.366 e. The molecule has 3 nitrogen and oxygen atoms in total. The number of carbonyl (C=O) groups is 1. The first-order valence-electron chi connectivity index (χ1n) is 3.68. The van der Waals surface area contributed by atoms with Gasteiger partial charge in [0.25, 0.3) is 6.43 Å². The Balaban J connectivity index is 3.44. The van der Waals surface area contributed by atoms with Gasteiger partial charge in [0.2, 0.25) is 11.9 Å². The number of carbonyl (C=O) groups excluding carboxylic acids is 1. The van der Waals surface area contributed by atoms with Gasteiger partial charge in [-0.05, 0) is 6.92 Å². The first kappa shape index (κ1) is 10.5. The molecule has 0 aromatic carbocycles. The molecule has 0 unspecified atom stereocenters. The van der Waals surface area contributed by atoms with Crippen LogP contribution in [0.15, 0.2) is 6.07 Å². The smallest absolute Gasteiger partial charge is 0.266 e. The van der Waals surface area contributed by atoms with Gasteiger partial charge in [-0.1, -0.05) is 0 Å². The third kappa shape index (κ3) is 1.84. The minimum absolute atomic E-state index is 0.228. The number of nitrogens with two attached hydrogens (primary N) is 1. The lowest BCUT2D eigenvalue weighted by Gasteiger charge is -2.08. The van der Waals surface area contributed by atoms with Crippen molar-refractivity contribution in [3.63, 3.8) is 0 Å². The molecule has 0 spiro atoms. The monoisotopic (exact) mass is 204 g/mol. The predicted molar refractivity (Wildman–Crippen MR) is 42.4 cm³/mol. The zero-order chi connectivity index (χ0) is 10.9. The topological polar surface area (TPSA) is 56.0 Å². The van der Waals surface area contributed by atoms with E-state index < -0.39 is 29.4 Å². The summed E-state index contributed by atoms with van der Waals surface area (Å²) in [7, 11) is 0. The van der Waals surface area contributed by atoms with Gasteiger partial charge in [-0.2, -0.15) is 4.39 Å². The summed E-state index contributed by atoms with van der Waals surface area (Å²) in [6, 6.07) is 0.608. The number of pyridine rings is 1. The molecule has 0 aliphatic carbocycles. The lowest BCUT2D eigenvalue weighted by Crippen LogP contribution is -2.16. The predicted octanol–water partition coefficient (Wildman–Crippen LogP) is 1.57. The number of aromatic nitrogens is 1. The fourth-order valence-corrected chi connectivity index (χ4v) is 1.12. The molecule has 6 heteroatoms. The van der Waals surface area contributed by atoms with Crippen molar-refractivity contribution in [3.05, 3.63) is 28.8 Å². The third-order valence-corrected chi connectivity index (χ3v) is 1.70. The van der Waals surface area contributed by atoms with E-state index in [1.54, 1.807) is 0 Å². The maximum atomic E-state index is 12.7. The summed E-state index contributed by atoms with van der Waals surface area (Å²) < 4.78 is 37.5. The molecule has 1 heterocycles. The van der Waals surface area contributed by atoms with Crippen LogP contribution >= 0.6 is 0 Å². The number of alkyl halides is 2. The SMILES string of the molecule is Cc1nc(F)cc(C(N)=O)c1C(F)F. The standard InChI is InChI=1S/C8H7F3N2O/c1-3-6(7(10)11)4(8(12)14)2-5(9)13-3/h2,7H,1H3,(H2,12,14). The maximum absolute atomic E-state index is 12.7. The Morgan fingerprint density at radius 3 is 2.57 bits per heavy atom. The molecule has 0 saturated carbocycles. The molecule has 0 bridgehead atoms. The number of halogens is 3. The van der Waals surface area contributed by atoms with E-state index in [0.29, 0.717) is 6.07 Å². The van der Waals surface area contributed by atoms with Crippen LogP contribution in [0.4, 0.5) is 13.2 Å². The van der Waals surface area contributed by atoms with Crippen molar-refractivity contribution in [2.75, 3.05) is 0 Å². The van der Waals surface area contributed by atoms with Crippen molar-refractivity contribution in [2.45, 2.75) is 13.3 Å². The van der Waals surface area contributed by atoms with Crippen LogP contribution in [0.1, 0.15) is 28.0 Å². The van der Waals surface area contributed by atoms with Crippen LogP contribution in [0.5, 0.6) is 0 Å². The molecule has 1 amide bonds. The summed E-state index contributed by atoms with van der Waals surface area (Å²) in [5.74, 6) is -2.09. The van der Waals surface area contributed by atoms with Crippen molar-refractivity contribution in [2.24, 2.45) is 5.73 Å². The number of rotatable bonds is 2. The van der Waals surface area contributed by atoms with E-state index in [1.165, 1.54) is 6.92 Å². The highest BCUT2D eigenvalue weighted by Crippen LogP contribution is 2.25. The molecule has 0 saturated heterocycles. The number of amides is 1. The van der Waals surface area contributed by atoms with Gasteiger partial charge in [0.1, 0.15) is 0 Å². The Kier molecular flexibility index (Phi) is 2.73. The average molecular weight is 204 g/mol. The summed E-state index contributed by atoms with van der Waals surface area (Å²) >= 11 is 0. The number of nitrogens with zero attached hydrogens (tertiary/aromatic N) is 1. The molecule has 14 heavy (non-hydrogen) atoms. The molecule has 76 valence electrons. The van der Waals surface area contributed by atoms with E-state index in [2.05, 4.69) is 4.98 Å². The maximum Gasteiger partial charge on any atom is 0.266 e. The first-order chi connectivity index (χ1) is 6.43. The van der Waals surface area contributed by atoms with Gasteiger partial charge in [0, 0.05) is 6.07 Å². The molecule has 1 aromatic heterocycles. The van der Waals surface area contributed by atoms with Gasteiger partial charge in [0.15, 0.2) is 0 Å². The largest absolute Gasteiger partial charge is 0.366 e.